The number of nitrogens with zero attached hydrogens (tertiary/aromatic N) is 5. The minimum absolute atomic E-state index is 0.0923. The number of carbonyl (C=O) groups excluding carboxylic acids is 1. The van der Waals surface area contributed by atoms with Gasteiger partial charge in [-0.2, -0.15) is 0 Å². The Labute approximate surface area is 135 Å². The quantitative estimate of drug-likeness (QED) is 0.807. The smallest absolute Gasteiger partial charge is 0.271 e. The van der Waals surface area contributed by atoms with Crippen LogP contribution in [0.4, 0.5) is 0 Å². The number of rotatable bonds is 6. The number of amides is 1. The van der Waals surface area contributed by atoms with E-state index in [1.54, 1.807) is 19.0 Å². The van der Waals surface area contributed by atoms with Crippen molar-refractivity contribution >= 4 is 5.91 Å². The Balaban J connectivity index is 1.43. The molecule has 1 atom stereocenters. The molecule has 1 saturated heterocycles. The maximum atomic E-state index is 12.1. The fourth-order valence-corrected chi connectivity index (χ4v) is 3.02. The highest BCUT2D eigenvalue weighted by atomic mass is 16.1. The molecule has 3 rings (SSSR count). The summed E-state index contributed by atoms with van der Waals surface area (Å²) in [5.74, 6) is 0.401. The third-order valence-corrected chi connectivity index (χ3v) is 4.34. The van der Waals surface area contributed by atoms with Crippen LogP contribution in [0.15, 0.2) is 19.0 Å². The lowest BCUT2D eigenvalue weighted by Crippen LogP contribution is -2.42. The average molecular weight is 317 g/mol. The molecule has 2 aromatic rings. The second-order valence-electron chi connectivity index (χ2n) is 6.09. The summed E-state index contributed by atoms with van der Waals surface area (Å²) < 4.78 is 1.99. The summed E-state index contributed by atoms with van der Waals surface area (Å²) in [7, 11) is 0. The Morgan fingerprint density at radius 3 is 2.96 bits per heavy atom. The molecule has 0 aliphatic carbocycles. The molecule has 0 radical (unpaired) electrons. The Bertz CT molecular complexity index is 622. The molecular formula is C15H23N7O. The van der Waals surface area contributed by atoms with Crippen molar-refractivity contribution in [1.29, 1.82) is 0 Å². The molecule has 1 aliphatic rings. The average Bonchev–Trinajstić information content (AvgIpc) is 3.22. The molecule has 1 fully saturated rings. The van der Waals surface area contributed by atoms with E-state index in [9.17, 15) is 4.79 Å². The van der Waals surface area contributed by atoms with E-state index in [1.807, 2.05) is 11.5 Å². The first kappa shape index (κ1) is 15.7. The Kier molecular flexibility index (Phi) is 5.02. The molecule has 0 saturated carbocycles. The number of likely N-dealkylation sites (tertiary alicyclic amines) is 1. The van der Waals surface area contributed by atoms with Gasteiger partial charge in [0.1, 0.15) is 18.3 Å². The molecule has 0 spiro atoms. The van der Waals surface area contributed by atoms with Crippen LogP contribution >= 0.6 is 0 Å². The van der Waals surface area contributed by atoms with Gasteiger partial charge in [0.25, 0.3) is 5.91 Å². The zero-order chi connectivity index (χ0) is 16.1. The third kappa shape index (κ3) is 4.16. The topological polar surface area (TPSA) is 91.7 Å². The number of aromatic amines is 1. The van der Waals surface area contributed by atoms with Crippen LogP contribution in [0.2, 0.25) is 0 Å². The highest BCUT2D eigenvalue weighted by molar-refractivity contribution is 5.93. The number of aryl methyl sites for hydroxylation is 1. The molecule has 8 heteroatoms. The van der Waals surface area contributed by atoms with Gasteiger partial charge in [-0.05, 0) is 32.2 Å². The predicted octanol–water partition coefficient (Wildman–Crippen LogP) is 0.452. The normalized spacial score (nSPS) is 18.9. The van der Waals surface area contributed by atoms with Crippen molar-refractivity contribution in [2.24, 2.45) is 5.92 Å². The van der Waals surface area contributed by atoms with Gasteiger partial charge in [-0.25, -0.2) is 4.98 Å². The van der Waals surface area contributed by atoms with Gasteiger partial charge in [0, 0.05) is 31.9 Å². The number of piperidine rings is 1. The maximum absolute atomic E-state index is 12.1. The van der Waals surface area contributed by atoms with Crippen LogP contribution in [0.25, 0.3) is 0 Å². The van der Waals surface area contributed by atoms with Crippen molar-refractivity contribution in [3.8, 4) is 0 Å². The van der Waals surface area contributed by atoms with E-state index in [-0.39, 0.29) is 5.91 Å². The SMILES string of the molecule is Cc1[nH]cnc1C(=O)NCC1CCCN(CCn2cnnc2)C1. The third-order valence-electron chi connectivity index (χ3n) is 4.34. The molecule has 1 amide bonds. The van der Waals surface area contributed by atoms with Crippen LogP contribution in [0.1, 0.15) is 29.0 Å². The van der Waals surface area contributed by atoms with Crippen LogP contribution in [0, 0.1) is 12.8 Å². The molecule has 124 valence electrons. The van der Waals surface area contributed by atoms with E-state index >= 15 is 0 Å². The number of imidazole rings is 1. The van der Waals surface area contributed by atoms with E-state index in [2.05, 4.69) is 30.4 Å². The van der Waals surface area contributed by atoms with Gasteiger partial charge >= 0.3 is 0 Å². The van der Waals surface area contributed by atoms with E-state index < -0.39 is 0 Å². The van der Waals surface area contributed by atoms with Crippen molar-refractivity contribution in [2.45, 2.75) is 26.3 Å². The molecule has 0 bridgehead atoms. The Morgan fingerprint density at radius 1 is 1.39 bits per heavy atom. The van der Waals surface area contributed by atoms with Crippen LogP contribution in [-0.4, -0.2) is 61.7 Å². The van der Waals surface area contributed by atoms with Gasteiger partial charge in [-0.3, -0.25) is 4.79 Å². The zero-order valence-corrected chi connectivity index (χ0v) is 13.4. The lowest BCUT2D eigenvalue weighted by molar-refractivity contribution is 0.0926. The van der Waals surface area contributed by atoms with Crippen molar-refractivity contribution < 1.29 is 4.79 Å². The van der Waals surface area contributed by atoms with E-state index in [1.165, 1.54) is 6.42 Å². The Morgan fingerprint density at radius 2 is 2.22 bits per heavy atom. The van der Waals surface area contributed by atoms with Crippen LogP contribution in [-0.2, 0) is 6.54 Å². The van der Waals surface area contributed by atoms with E-state index in [0.717, 1.165) is 38.3 Å². The summed E-state index contributed by atoms with van der Waals surface area (Å²) >= 11 is 0. The second kappa shape index (κ2) is 7.36. The van der Waals surface area contributed by atoms with Crippen molar-refractivity contribution in [1.82, 2.24) is 34.9 Å². The first-order chi connectivity index (χ1) is 11.2. The summed E-state index contributed by atoms with van der Waals surface area (Å²) in [6.45, 7) is 6.58. The second-order valence-corrected chi connectivity index (χ2v) is 6.09. The van der Waals surface area contributed by atoms with E-state index in [4.69, 9.17) is 0 Å². The molecule has 1 aliphatic heterocycles. The summed E-state index contributed by atoms with van der Waals surface area (Å²) in [4.78, 5) is 21.5. The summed E-state index contributed by atoms with van der Waals surface area (Å²) in [6.07, 6.45) is 7.37. The summed E-state index contributed by atoms with van der Waals surface area (Å²) in [5.41, 5.74) is 1.30. The fourth-order valence-electron chi connectivity index (χ4n) is 3.02. The van der Waals surface area contributed by atoms with Gasteiger partial charge in [-0.1, -0.05) is 0 Å². The lowest BCUT2D eigenvalue weighted by Gasteiger charge is -2.32. The largest absolute Gasteiger partial charge is 0.350 e. The number of nitrogens with one attached hydrogen (secondary N) is 2. The predicted molar refractivity (Wildman–Crippen MR) is 84.8 cm³/mol. The van der Waals surface area contributed by atoms with Gasteiger partial charge in [0.2, 0.25) is 0 Å². The highest BCUT2D eigenvalue weighted by Crippen LogP contribution is 2.16. The standard InChI is InChI=1S/C15H23N7O/c1-12-14(18-9-17-12)15(23)16-7-13-3-2-4-21(8-13)5-6-22-10-19-20-11-22/h9-11,13H,2-8H2,1H3,(H,16,23)(H,17,18). The first-order valence-electron chi connectivity index (χ1n) is 8.05. The van der Waals surface area contributed by atoms with E-state index in [0.29, 0.717) is 18.2 Å². The highest BCUT2D eigenvalue weighted by Gasteiger charge is 2.21. The number of carbonyl (C=O) groups is 1. The van der Waals surface area contributed by atoms with Gasteiger partial charge in [-0.15, -0.1) is 10.2 Å². The molecule has 2 aromatic heterocycles. The number of hydrogen-bond acceptors (Lipinski definition) is 5. The minimum Gasteiger partial charge on any atom is -0.350 e. The minimum atomic E-state index is -0.0923. The van der Waals surface area contributed by atoms with Crippen LogP contribution < -0.4 is 5.32 Å². The zero-order valence-electron chi connectivity index (χ0n) is 13.4. The Hall–Kier alpha value is -2.22. The lowest BCUT2D eigenvalue weighted by atomic mass is 9.98. The number of aromatic nitrogens is 5. The number of H-pyrrole nitrogens is 1. The monoisotopic (exact) mass is 317 g/mol. The molecule has 1 unspecified atom stereocenters. The molecule has 3 heterocycles. The van der Waals surface area contributed by atoms with Crippen LogP contribution in [0.5, 0.6) is 0 Å². The van der Waals surface area contributed by atoms with Crippen molar-refractivity contribution in [3.63, 3.8) is 0 Å². The molecular weight excluding hydrogens is 294 g/mol. The van der Waals surface area contributed by atoms with Gasteiger partial charge in [0.15, 0.2) is 0 Å². The van der Waals surface area contributed by atoms with Gasteiger partial charge in [0.05, 0.1) is 6.33 Å². The fraction of sp³-hybridized carbons (Fsp3) is 0.600. The van der Waals surface area contributed by atoms with Crippen molar-refractivity contribution in [3.05, 3.63) is 30.4 Å². The van der Waals surface area contributed by atoms with Crippen molar-refractivity contribution in [2.75, 3.05) is 26.2 Å². The molecule has 23 heavy (non-hydrogen) atoms. The first-order valence-corrected chi connectivity index (χ1v) is 8.05. The molecule has 0 aromatic carbocycles. The molecule has 2 N–H and O–H groups in total. The van der Waals surface area contributed by atoms with Gasteiger partial charge < -0.3 is 19.8 Å². The summed E-state index contributed by atoms with van der Waals surface area (Å²) in [5, 5.41) is 10.7. The summed E-state index contributed by atoms with van der Waals surface area (Å²) in [6, 6.07) is 0. The van der Waals surface area contributed by atoms with Crippen LogP contribution in [0.3, 0.4) is 0 Å². The molecule has 8 nitrogen and oxygen atoms in total. The number of hydrogen-bond donors (Lipinski definition) is 2. The maximum Gasteiger partial charge on any atom is 0.271 e.